The van der Waals surface area contributed by atoms with Crippen molar-refractivity contribution < 1.29 is 27.1 Å². The van der Waals surface area contributed by atoms with Crippen LogP contribution in [0.2, 0.25) is 5.02 Å². The molecule has 3 rings (SSSR count). The molecule has 0 radical (unpaired) electrons. The van der Waals surface area contributed by atoms with Gasteiger partial charge in [-0.3, -0.25) is 9.59 Å². The van der Waals surface area contributed by atoms with Crippen molar-refractivity contribution >= 4 is 39.2 Å². The van der Waals surface area contributed by atoms with Gasteiger partial charge in [-0.15, -0.1) is 0 Å². The zero-order valence-corrected chi connectivity index (χ0v) is 17.7. The summed E-state index contributed by atoms with van der Waals surface area (Å²) in [4.78, 5) is 24.6. The van der Waals surface area contributed by atoms with Gasteiger partial charge in [-0.1, -0.05) is 17.7 Å². The van der Waals surface area contributed by atoms with Crippen molar-refractivity contribution in [2.45, 2.75) is 30.7 Å². The van der Waals surface area contributed by atoms with Crippen LogP contribution in [0.4, 0.5) is 10.1 Å². The van der Waals surface area contributed by atoms with Gasteiger partial charge in [0.25, 0.3) is 5.91 Å². The first kappa shape index (κ1) is 22.2. The summed E-state index contributed by atoms with van der Waals surface area (Å²) in [5.74, 6) is -1.97. The Morgan fingerprint density at radius 3 is 2.63 bits per heavy atom. The quantitative estimate of drug-likeness (QED) is 0.677. The number of anilines is 1. The van der Waals surface area contributed by atoms with Crippen molar-refractivity contribution in [1.82, 2.24) is 4.31 Å². The number of sulfonamides is 1. The molecule has 1 amide bonds. The molecule has 10 heteroatoms. The van der Waals surface area contributed by atoms with Crippen LogP contribution in [0, 0.1) is 12.7 Å². The van der Waals surface area contributed by atoms with Crippen LogP contribution < -0.4 is 5.32 Å². The molecule has 1 aliphatic heterocycles. The van der Waals surface area contributed by atoms with E-state index in [-0.39, 0.29) is 23.5 Å². The summed E-state index contributed by atoms with van der Waals surface area (Å²) in [6, 6.07) is 8.56. The lowest BCUT2D eigenvalue weighted by Gasteiger charge is -2.22. The number of benzene rings is 2. The van der Waals surface area contributed by atoms with E-state index in [4.69, 9.17) is 16.3 Å². The Bertz CT molecular complexity index is 1060. The maximum Gasteiger partial charge on any atom is 0.324 e. The van der Waals surface area contributed by atoms with E-state index >= 15 is 0 Å². The molecule has 30 heavy (non-hydrogen) atoms. The number of nitrogens with one attached hydrogen (secondary N) is 1. The summed E-state index contributed by atoms with van der Waals surface area (Å²) in [5, 5.41) is 2.86. The maximum atomic E-state index is 13.3. The Morgan fingerprint density at radius 2 is 1.93 bits per heavy atom. The summed E-state index contributed by atoms with van der Waals surface area (Å²) in [6.07, 6.45) is 0.775. The Kier molecular flexibility index (Phi) is 6.74. The largest absolute Gasteiger partial charge is 0.454 e. The highest BCUT2D eigenvalue weighted by Crippen LogP contribution is 2.27. The van der Waals surface area contributed by atoms with Gasteiger partial charge in [0.1, 0.15) is 11.9 Å². The van der Waals surface area contributed by atoms with Crippen molar-refractivity contribution in [2.75, 3.05) is 18.5 Å². The number of carbonyl (C=O) groups is 2. The van der Waals surface area contributed by atoms with Gasteiger partial charge >= 0.3 is 5.97 Å². The van der Waals surface area contributed by atoms with E-state index in [0.29, 0.717) is 17.0 Å². The topological polar surface area (TPSA) is 92.8 Å². The average molecular weight is 455 g/mol. The molecular weight excluding hydrogens is 435 g/mol. The fourth-order valence-electron chi connectivity index (χ4n) is 3.15. The number of esters is 1. The second-order valence-corrected chi connectivity index (χ2v) is 9.17. The third-order valence-corrected chi connectivity index (χ3v) is 6.89. The molecule has 0 aromatic heterocycles. The summed E-state index contributed by atoms with van der Waals surface area (Å²) in [5.41, 5.74) is 0.913. The summed E-state index contributed by atoms with van der Waals surface area (Å²) < 4.78 is 45.2. The maximum absolute atomic E-state index is 13.3. The van der Waals surface area contributed by atoms with Crippen LogP contribution in [0.3, 0.4) is 0 Å². The first-order chi connectivity index (χ1) is 14.2. The first-order valence-electron chi connectivity index (χ1n) is 9.18. The number of halogens is 2. The molecule has 0 bridgehead atoms. The van der Waals surface area contributed by atoms with Crippen molar-refractivity contribution in [1.29, 1.82) is 0 Å². The Labute approximate surface area is 178 Å². The lowest BCUT2D eigenvalue weighted by molar-refractivity contribution is -0.150. The minimum atomic E-state index is -3.92. The van der Waals surface area contributed by atoms with Gasteiger partial charge in [0.15, 0.2) is 6.61 Å². The van der Waals surface area contributed by atoms with Crippen LogP contribution in [0.25, 0.3) is 0 Å². The minimum absolute atomic E-state index is 0.0194. The summed E-state index contributed by atoms with van der Waals surface area (Å²) >= 11 is 5.81. The Balaban J connectivity index is 1.63. The molecule has 0 aliphatic carbocycles. The van der Waals surface area contributed by atoms with Crippen LogP contribution in [-0.4, -0.2) is 43.8 Å². The van der Waals surface area contributed by atoms with Crippen LogP contribution in [0.1, 0.15) is 18.4 Å². The number of hydrogen-bond donors (Lipinski definition) is 1. The number of nitrogens with zero attached hydrogens (tertiary/aromatic N) is 1. The van der Waals surface area contributed by atoms with Gasteiger partial charge in [-0.05, 0) is 61.7 Å². The second kappa shape index (κ2) is 9.11. The van der Waals surface area contributed by atoms with E-state index in [1.54, 1.807) is 6.92 Å². The van der Waals surface area contributed by atoms with Crippen LogP contribution in [-0.2, 0) is 24.3 Å². The molecule has 1 N–H and O–H groups in total. The predicted octanol–water partition coefficient (Wildman–Crippen LogP) is 3.12. The number of hydrogen-bond acceptors (Lipinski definition) is 5. The lowest BCUT2D eigenvalue weighted by atomic mass is 10.2. The molecule has 0 saturated carbocycles. The molecule has 0 spiro atoms. The van der Waals surface area contributed by atoms with Gasteiger partial charge in [-0.25, -0.2) is 12.8 Å². The molecule has 2 aromatic carbocycles. The standard InChI is InChI=1S/C20H20ClFN2O5S/c1-13-4-7-15(22)11-17(13)23-19(25)12-29-20(26)18-3-2-10-24(18)30(27,28)16-8-5-14(21)6-9-16/h4-9,11,18H,2-3,10,12H2,1H3,(H,23,25)/t18-/m1/s1. The SMILES string of the molecule is Cc1ccc(F)cc1NC(=O)COC(=O)[C@H]1CCCN1S(=O)(=O)c1ccc(Cl)cc1. The fraction of sp³-hybridized carbons (Fsp3) is 0.300. The van der Waals surface area contributed by atoms with Crippen LogP contribution in [0.5, 0.6) is 0 Å². The predicted molar refractivity (Wildman–Crippen MR) is 109 cm³/mol. The zero-order chi connectivity index (χ0) is 21.9. The summed E-state index contributed by atoms with van der Waals surface area (Å²) in [6.45, 7) is 1.25. The fourth-order valence-corrected chi connectivity index (χ4v) is 4.93. The van der Waals surface area contributed by atoms with Crippen molar-refractivity contribution in [3.63, 3.8) is 0 Å². The molecule has 0 unspecified atom stereocenters. The number of carbonyl (C=O) groups excluding carboxylic acids is 2. The van der Waals surface area contributed by atoms with Gasteiger partial charge in [0.2, 0.25) is 10.0 Å². The normalized spacial score (nSPS) is 17.0. The Hall–Kier alpha value is -2.49. The van der Waals surface area contributed by atoms with Gasteiger partial charge < -0.3 is 10.1 Å². The average Bonchev–Trinajstić information content (AvgIpc) is 3.20. The highest BCUT2D eigenvalue weighted by Gasteiger charge is 2.40. The molecule has 1 atom stereocenters. The minimum Gasteiger partial charge on any atom is -0.454 e. The molecule has 2 aromatic rings. The van der Waals surface area contributed by atoms with Crippen molar-refractivity contribution in [3.05, 3.63) is 58.9 Å². The molecular formula is C20H20ClFN2O5S. The molecule has 1 saturated heterocycles. The molecule has 7 nitrogen and oxygen atoms in total. The highest BCUT2D eigenvalue weighted by molar-refractivity contribution is 7.89. The van der Waals surface area contributed by atoms with E-state index < -0.39 is 40.4 Å². The second-order valence-electron chi connectivity index (χ2n) is 6.84. The summed E-state index contributed by atoms with van der Waals surface area (Å²) in [7, 11) is -3.92. The Morgan fingerprint density at radius 1 is 1.23 bits per heavy atom. The van der Waals surface area contributed by atoms with E-state index in [1.165, 1.54) is 36.4 Å². The molecule has 1 aliphatic rings. The number of ether oxygens (including phenoxy) is 1. The van der Waals surface area contributed by atoms with Crippen molar-refractivity contribution in [3.8, 4) is 0 Å². The number of rotatable bonds is 6. The highest BCUT2D eigenvalue weighted by atomic mass is 35.5. The van der Waals surface area contributed by atoms with Gasteiger partial charge in [-0.2, -0.15) is 4.31 Å². The smallest absolute Gasteiger partial charge is 0.324 e. The van der Waals surface area contributed by atoms with E-state index in [1.807, 2.05) is 0 Å². The van der Waals surface area contributed by atoms with E-state index in [2.05, 4.69) is 5.32 Å². The molecule has 1 fully saturated rings. The van der Waals surface area contributed by atoms with Crippen LogP contribution in [0.15, 0.2) is 47.4 Å². The third kappa shape index (κ3) is 4.97. The third-order valence-electron chi connectivity index (χ3n) is 4.72. The number of amides is 1. The lowest BCUT2D eigenvalue weighted by Crippen LogP contribution is -2.42. The van der Waals surface area contributed by atoms with Crippen LogP contribution >= 0.6 is 11.6 Å². The van der Waals surface area contributed by atoms with Gasteiger partial charge in [0, 0.05) is 17.3 Å². The van der Waals surface area contributed by atoms with E-state index in [0.717, 1.165) is 10.4 Å². The number of aryl methyl sites for hydroxylation is 1. The molecule has 160 valence electrons. The molecule has 1 heterocycles. The van der Waals surface area contributed by atoms with E-state index in [9.17, 15) is 22.4 Å². The monoisotopic (exact) mass is 454 g/mol. The first-order valence-corrected chi connectivity index (χ1v) is 11.0. The van der Waals surface area contributed by atoms with Gasteiger partial charge in [0.05, 0.1) is 4.90 Å². The van der Waals surface area contributed by atoms with Crippen molar-refractivity contribution in [2.24, 2.45) is 0 Å². The zero-order valence-electron chi connectivity index (χ0n) is 16.1.